The molecular weight excluding hydrogens is 405 g/mol. The molecule has 0 bridgehead atoms. The second-order valence-corrected chi connectivity index (χ2v) is 7.70. The predicted octanol–water partition coefficient (Wildman–Crippen LogP) is 3.03. The Labute approximate surface area is 171 Å². The Kier molecular flexibility index (Phi) is 7.16. The molecule has 2 aliphatic rings. The quantitative estimate of drug-likeness (QED) is 0.361. The maximum atomic E-state index is 14.6. The van der Waals surface area contributed by atoms with E-state index in [9.17, 15) is 22.8 Å². The van der Waals surface area contributed by atoms with Crippen LogP contribution >= 0.6 is 0 Å². The largest absolute Gasteiger partial charge is 0.465 e. The SMILES string of the molecule is O=C(O)NC[C@@H](CC1CCCC1)C(=O)NNc1nc(C(F)F)nc(NC2CC2)c1F. The number of hydrazine groups is 1. The molecule has 0 saturated heterocycles. The van der Waals surface area contributed by atoms with Crippen LogP contribution in [0.4, 0.5) is 29.6 Å². The molecule has 0 spiro atoms. The summed E-state index contributed by atoms with van der Waals surface area (Å²) >= 11 is 0. The molecule has 1 heterocycles. The van der Waals surface area contributed by atoms with Crippen molar-refractivity contribution in [2.24, 2.45) is 11.8 Å². The summed E-state index contributed by atoms with van der Waals surface area (Å²) in [5, 5.41) is 13.8. The van der Waals surface area contributed by atoms with Gasteiger partial charge in [-0.3, -0.25) is 15.6 Å². The third-order valence-electron chi connectivity index (χ3n) is 5.25. The highest BCUT2D eigenvalue weighted by Gasteiger charge is 2.28. The molecule has 1 atom stereocenters. The van der Waals surface area contributed by atoms with E-state index in [0.29, 0.717) is 12.3 Å². The van der Waals surface area contributed by atoms with E-state index in [4.69, 9.17) is 5.11 Å². The molecule has 3 rings (SSSR count). The molecule has 1 aromatic rings. The van der Waals surface area contributed by atoms with Crippen LogP contribution in [-0.2, 0) is 4.79 Å². The number of carbonyl (C=O) groups is 2. The number of carbonyl (C=O) groups excluding carboxylic acids is 1. The first-order valence-corrected chi connectivity index (χ1v) is 9.98. The minimum Gasteiger partial charge on any atom is -0.465 e. The summed E-state index contributed by atoms with van der Waals surface area (Å²) in [5.41, 5.74) is 4.54. The van der Waals surface area contributed by atoms with Crippen LogP contribution in [0.3, 0.4) is 0 Å². The molecule has 0 aliphatic heterocycles. The Morgan fingerprint density at radius 3 is 2.37 bits per heavy atom. The van der Waals surface area contributed by atoms with Crippen molar-refractivity contribution in [3.8, 4) is 0 Å². The maximum absolute atomic E-state index is 14.6. The van der Waals surface area contributed by atoms with Crippen molar-refractivity contribution in [3.05, 3.63) is 11.6 Å². The van der Waals surface area contributed by atoms with Crippen molar-refractivity contribution >= 4 is 23.6 Å². The maximum Gasteiger partial charge on any atom is 0.404 e. The van der Waals surface area contributed by atoms with Gasteiger partial charge in [0.25, 0.3) is 6.43 Å². The van der Waals surface area contributed by atoms with Crippen LogP contribution in [0.15, 0.2) is 0 Å². The third kappa shape index (κ3) is 6.10. The smallest absolute Gasteiger partial charge is 0.404 e. The number of carboxylic acid groups (broad SMARTS) is 1. The van der Waals surface area contributed by atoms with Gasteiger partial charge in [-0.1, -0.05) is 25.7 Å². The van der Waals surface area contributed by atoms with E-state index in [2.05, 4.69) is 31.5 Å². The number of nitrogens with zero attached hydrogens (tertiary/aromatic N) is 2. The molecule has 2 saturated carbocycles. The summed E-state index contributed by atoms with van der Waals surface area (Å²) in [6.45, 7) is -0.109. The number of hydrogen-bond acceptors (Lipinski definition) is 6. The van der Waals surface area contributed by atoms with E-state index >= 15 is 0 Å². The molecule has 1 aromatic heterocycles. The topological polar surface area (TPSA) is 128 Å². The Bertz CT molecular complexity index is 772. The number of rotatable bonds is 10. The fraction of sp³-hybridized carbons (Fsp3) is 0.667. The fourth-order valence-electron chi connectivity index (χ4n) is 3.53. The molecule has 9 nitrogen and oxygen atoms in total. The van der Waals surface area contributed by atoms with Crippen LogP contribution in [0.25, 0.3) is 0 Å². The average Bonchev–Trinajstić information content (AvgIpc) is 3.36. The standard InChI is InChI=1S/C18H25F3N6O3/c19-12-14(23-11-5-6-11)24-16(13(20)21)25-15(12)26-27-17(28)10(8-22-18(29)30)7-9-3-1-2-4-9/h9-11,13,22H,1-8H2,(H,27,28)(H,29,30)(H2,23,24,25,26)/t10-/m1/s1. The van der Waals surface area contributed by atoms with Crippen molar-refractivity contribution in [1.82, 2.24) is 20.7 Å². The predicted molar refractivity (Wildman–Crippen MR) is 101 cm³/mol. The van der Waals surface area contributed by atoms with E-state index in [1.807, 2.05) is 0 Å². The van der Waals surface area contributed by atoms with Gasteiger partial charge in [-0.2, -0.15) is 4.39 Å². The molecule has 5 N–H and O–H groups in total. The summed E-state index contributed by atoms with van der Waals surface area (Å²) in [5.74, 6) is -3.76. The average molecular weight is 430 g/mol. The first-order valence-electron chi connectivity index (χ1n) is 9.98. The molecule has 0 unspecified atom stereocenters. The van der Waals surface area contributed by atoms with Crippen molar-refractivity contribution in [3.63, 3.8) is 0 Å². The number of aromatic nitrogens is 2. The van der Waals surface area contributed by atoms with E-state index in [1.165, 1.54) is 0 Å². The van der Waals surface area contributed by atoms with Crippen LogP contribution in [0, 0.1) is 17.7 Å². The molecule has 2 amide bonds. The minimum absolute atomic E-state index is 0.0275. The summed E-state index contributed by atoms with van der Waals surface area (Å²) in [6, 6.07) is -0.0275. The zero-order chi connectivity index (χ0) is 21.7. The lowest BCUT2D eigenvalue weighted by atomic mass is 9.92. The van der Waals surface area contributed by atoms with Crippen molar-refractivity contribution in [1.29, 1.82) is 0 Å². The first-order chi connectivity index (χ1) is 14.3. The Hall–Kier alpha value is -2.79. The lowest BCUT2D eigenvalue weighted by Crippen LogP contribution is -2.42. The fourth-order valence-corrected chi connectivity index (χ4v) is 3.53. The third-order valence-corrected chi connectivity index (χ3v) is 5.25. The highest BCUT2D eigenvalue weighted by Crippen LogP contribution is 2.31. The Balaban J connectivity index is 1.68. The van der Waals surface area contributed by atoms with Crippen LogP contribution in [0.2, 0.25) is 0 Å². The molecule has 12 heteroatoms. The van der Waals surface area contributed by atoms with E-state index in [1.54, 1.807) is 0 Å². The minimum atomic E-state index is -3.02. The molecule has 0 aromatic carbocycles. The van der Waals surface area contributed by atoms with E-state index < -0.39 is 41.8 Å². The van der Waals surface area contributed by atoms with Gasteiger partial charge < -0.3 is 15.7 Å². The highest BCUT2D eigenvalue weighted by molar-refractivity contribution is 5.80. The van der Waals surface area contributed by atoms with Gasteiger partial charge in [-0.25, -0.2) is 23.5 Å². The second kappa shape index (κ2) is 9.81. The first kappa shape index (κ1) is 21.9. The number of anilines is 2. The van der Waals surface area contributed by atoms with Crippen molar-refractivity contribution < 1.29 is 27.9 Å². The van der Waals surface area contributed by atoms with Crippen LogP contribution in [0.5, 0.6) is 0 Å². The van der Waals surface area contributed by atoms with Crippen LogP contribution < -0.4 is 21.5 Å². The number of alkyl halides is 2. The van der Waals surface area contributed by atoms with Crippen molar-refractivity contribution in [2.45, 2.75) is 57.4 Å². The van der Waals surface area contributed by atoms with Gasteiger partial charge in [0.15, 0.2) is 17.5 Å². The normalized spacial score (nSPS) is 17.6. The van der Waals surface area contributed by atoms with Gasteiger partial charge in [0.05, 0.1) is 5.92 Å². The highest BCUT2D eigenvalue weighted by atomic mass is 19.3. The molecule has 0 radical (unpaired) electrons. The summed E-state index contributed by atoms with van der Waals surface area (Å²) in [7, 11) is 0. The number of hydrogen-bond donors (Lipinski definition) is 5. The molecule has 2 aliphatic carbocycles. The zero-order valence-electron chi connectivity index (χ0n) is 16.3. The molecule has 30 heavy (non-hydrogen) atoms. The molecule has 2 fully saturated rings. The molecule has 166 valence electrons. The van der Waals surface area contributed by atoms with Crippen LogP contribution in [0.1, 0.15) is 57.2 Å². The van der Waals surface area contributed by atoms with Gasteiger partial charge in [0.1, 0.15) is 0 Å². The summed E-state index contributed by atoms with van der Waals surface area (Å²) in [6.07, 6.45) is 1.79. The van der Waals surface area contributed by atoms with E-state index in [-0.39, 0.29) is 18.4 Å². The van der Waals surface area contributed by atoms with Gasteiger partial charge >= 0.3 is 6.09 Å². The van der Waals surface area contributed by atoms with Gasteiger partial charge in [0.2, 0.25) is 11.7 Å². The zero-order valence-corrected chi connectivity index (χ0v) is 16.3. The number of amides is 2. The molecular formula is C18H25F3N6O3. The monoisotopic (exact) mass is 430 g/mol. The number of halogens is 3. The Morgan fingerprint density at radius 2 is 1.77 bits per heavy atom. The second-order valence-electron chi connectivity index (χ2n) is 7.70. The Morgan fingerprint density at radius 1 is 1.10 bits per heavy atom. The lowest BCUT2D eigenvalue weighted by molar-refractivity contribution is -0.124. The van der Waals surface area contributed by atoms with Crippen molar-refractivity contribution in [2.75, 3.05) is 17.3 Å². The lowest BCUT2D eigenvalue weighted by Gasteiger charge is -2.20. The van der Waals surface area contributed by atoms with Gasteiger partial charge in [-0.05, 0) is 25.2 Å². The van der Waals surface area contributed by atoms with E-state index in [0.717, 1.165) is 38.5 Å². The van der Waals surface area contributed by atoms with Gasteiger partial charge in [0, 0.05) is 12.6 Å². The summed E-state index contributed by atoms with van der Waals surface area (Å²) in [4.78, 5) is 30.4. The van der Waals surface area contributed by atoms with Crippen LogP contribution in [-0.4, -0.2) is 39.7 Å². The summed E-state index contributed by atoms with van der Waals surface area (Å²) < 4.78 is 40.8. The number of nitrogens with one attached hydrogen (secondary N) is 4. The van der Waals surface area contributed by atoms with Gasteiger partial charge in [-0.15, -0.1) is 0 Å².